The van der Waals surface area contributed by atoms with Crippen LogP contribution < -0.4 is 0 Å². The van der Waals surface area contributed by atoms with Crippen molar-refractivity contribution in [3.8, 4) is 0 Å². The van der Waals surface area contributed by atoms with Gasteiger partial charge in [0.05, 0.1) is 6.61 Å². The average Bonchev–Trinajstić information content (AvgIpc) is 2.28. The normalized spacial score (nSPS) is 15.9. The van der Waals surface area contributed by atoms with Gasteiger partial charge in [0.2, 0.25) is 0 Å². The molecule has 0 aliphatic carbocycles. The van der Waals surface area contributed by atoms with Gasteiger partial charge >= 0.3 is 5.97 Å². The Morgan fingerprint density at radius 3 is 2.56 bits per heavy atom. The Morgan fingerprint density at radius 2 is 2.06 bits per heavy atom. The lowest BCUT2D eigenvalue weighted by Crippen LogP contribution is -2.42. The van der Waals surface area contributed by atoms with Crippen molar-refractivity contribution in [2.75, 3.05) is 6.61 Å². The van der Waals surface area contributed by atoms with Crippen LogP contribution in [0.25, 0.3) is 0 Å². The summed E-state index contributed by atoms with van der Waals surface area (Å²) in [7, 11) is 0. The van der Waals surface area contributed by atoms with E-state index < -0.39 is 11.6 Å². The van der Waals surface area contributed by atoms with Gasteiger partial charge in [-0.05, 0) is 38.8 Å². The molecule has 1 aromatic rings. The van der Waals surface area contributed by atoms with Crippen molar-refractivity contribution in [2.45, 2.75) is 46.1 Å². The highest BCUT2D eigenvalue weighted by atomic mass is 16.5. The first-order valence-corrected chi connectivity index (χ1v) is 6.27. The van der Waals surface area contributed by atoms with E-state index in [-0.39, 0.29) is 12.5 Å². The third-order valence-corrected chi connectivity index (χ3v) is 3.42. The number of hydrogen-bond donors (Lipinski definition) is 1. The highest BCUT2D eigenvalue weighted by Crippen LogP contribution is 2.31. The maximum Gasteiger partial charge on any atom is 0.338 e. The fourth-order valence-electron chi connectivity index (χ4n) is 2.07. The van der Waals surface area contributed by atoms with Crippen LogP contribution in [0.1, 0.15) is 43.4 Å². The molecule has 0 aliphatic heterocycles. The second-order valence-electron chi connectivity index (χ2n) is 4.95. The molecule has 0 heterocycles. The first-order valence-electron chi connectivity index (χ1n) is 6.27. The van der Waals surface area contributed by atoms with Gasteiger partial charge in [-0.3, -0.25) is 0 Å². The Balaban J connectivity index is 3.05. The lowest BCUT2D eigenvalue weighted by molar-refractivity contribution is -0.165. The summed E-state index contributed by atoms with van der Waals surface area (Å²) in [5, 5.41) is 10.4. The lowest BCUT2D eigenvalue weighted by atomic mass is 9.82. The van der Waals surface area contributed by atoms with Crippen LogP contribution in [-0.4, -0.2) is 23.3 Å². The van der Waals surface area contributed by atoms with Crippen LogP contribution in [0.4, 0.5) is 0 Å². The second-order valence-corrected chi connectivity index (χ2v) is 4.95. The molecule has 1 rings (SSSR count). The van der Waals surface area contributed by atoms with Gasteiger partial charge in [0, 0.05) is 5.92 Å². The summed E-state index contributed by atoms with van der Waals surface area (Å²) < 4.78 is 4.92. The van der Waals surface area contributed by atoms with Crippen LogP contribution in [0.2, 0.25) is 0 Å². The number of carbonyl (C=O) groups excluding carboxylic acids is 1. The van der Waals surface area contributed by atoms with Crippen molar-refractivity contribution >= 4 is 5.97 Å². The molecule has 2 atom stereocenters. The number of esters is 1. The molecule has 0 fully saturated rings. The van der Waals surface area contributed by atoms with E-state index in [9.17, 15) is 9.90 Å². The predicted molar refractivity (Wildman–Crippen MR) is 71.6 cm³/mol. The zero-order valence-electron chi connectivity index (χ0n) is 11.8. The van der Waals surface area contributed by atoms with E-state index in [2.05, 4.69) is 0 Å². The molecule has 1 N–H and O–H groups in total. The number of aliphatic hydroxyl groups is 1. The number of aryl methyl sites for hydroxylation is 2. The Labute approximate surface area is 109 Å². The summed E-state index contributed by atoms with van der Waals surface area (Å²) in [6.07, 6.45) is 0. The van der Waals surface area contributed by atoms with Gasteiger partial charge < -0.3 is 9.84 Å². The molecule has 0 spiro atoms. The van der Waals surface area contributed by atoms with E-state index in [1.165, 1.54) is 12.5 Å². The van der Waals surface area contributed by atoms with Gasteiger partial charge in [0.1, 0.15) is 0 Å². The summed E-state index contributed by atoms with van der Waals surface area (Å²) in [5.41, 5.74) is 1.71. The van der Waals surface area contributed by atoms with Gasteiger partial charge in [-0.2, -0.15) is 0 Å². The van der Waals surface area contributed by atoms with Gasteiger partial charge in [0.25, 0.3) is 0 Å². The van der Waals surface area contributed by atoms with Crippen LogP contribution in [0.15, 0.2) is 18.2 Å². The predicted octanol–water partition coefficient (Wildman–Crippen LogP) is 2.72. The van der Waals surface area contributed by atoms with E-state index >= 15 is 0 Å². The van der Waals surface area contributed by atoms with E-state index in [1.54, 1.807) is 6.92 Å². The van der Waals surface area contributed by atoms with Gasteiger partial charge in [-0.15, -0.1) is 0 Å². The third kappa shape index (κ3) is 2.91. The van der Waals surface area contributed by atoms with Crippen molar-refractivity contribution in [3.63, 3.8) is 0 Å². The maximum atomic E-state index is 11.8. The number of rotatable bonds is 4. The summed E-state index contributed by atoms with van der Waals surface area (Å²) in [4.78, 5) is 11.8. The van der Waals surface area contributed by atoms with Crippen molar-refractivity contribution < 1.29 is 14.6 Å². The lowest BCUT2D eigenvalue weighted by Gasteiger charge is -2.29. The smallest absolute Gasteiger partial charge is 0.338 e. The Bertz CT molecular complexity index is 435. The SMILES string of the molecule is CCOC(=O)C(C)(O)C(C)c1ccc(C)cc1C. The second kappa shape index (κ2) is 5.53. The fourth-order valence-corrected chi connectivity index (χ4v) is 2.07. The van der Waals surface area contributed by atoms with Crippen LogP contribution in [0.5, 0.6) is 0 Å². The molecule has 2 unspecified atom stereocenters. The molecular weight excluding hydrogens is 228 g/mol. The zero-order chi connectivity index (χ0) is 13.9. The molecule has 3 nitrogen and oxygen atoms in total. The minimum atomic E-state index is -1.50. The largest absolute Gasteiger partial charge is 0.464 e. The van der Waals surface area contributed by atoms with Crippen LogP contribution >= 0.6 is 0 Å². The van der Waals surface area contributed by atoms with E-state index in [0.717, 1.165) is 11.1 Å². The maximum absolute atomic E-state index is 11.8. The standard InChI is InChI=1S/C15H22O3/c1-6-18-14(16)15(5,17)12(4)13-8-7-10(2)9-11(13)3/h7-9,12,17H,6H2,1-5H3. The Hall–Kier alpha value is -1.35. The molecule has 3 heteroatoms. The van der Waals surface area contributed by atoms with Crippen molar-refractivity contribution in [1.29, 1.82) is 0 Å². The summed E-state index contributed by atoms with van der Waals surface area (Å²) >= 11 is 0. The molecule has 0 amide bonds. The van der Waals surface area contributed by atoms with Gasteiger partial charge in [-0.1, -0.05) is 30.7 Å². The molecular formula is C15H22O3. The quantitative estimate of drug-likeness (QED) is 0.836. The molecule has 18 heavy (non-hydrogen) atoms. The molecule has 0 aliphatic rings. The molecule has 1 aromatic carbocycles. The first-order chi connectivity index (χ1) is 8.30. The number of carbonyl (C=O) groups is 1. The van der Waals surface area contributed by atoms with Crippen molar-refractivity contribution in [2.24, 2.45) is 0 Å². The summed E-state index contributed by atoms with van der Waals surface area (Å²) in [6.45, 7) is 9.36. The molecule has 0 aromatic heterocycles. The van der Waals surface area contributed by atoms with Gasteiger partial charge in [-0.25, -0.2) is 4.79 Å². The minimum Gasteiger partial charge on any atom is -0.464 e. The zero-order valence-corrected chi connectivity index (χ0v) is 11.8. The summed E-state index contributed by atoms with van der Waals surface area (Å²) in [6, 6.07) is 6.00. The molecule has 0 saturated carbocycles. The Morgan fingerprint density at radius 1 is 1.44 bits per heavy atom. The molecule has 0 radical (unpaired) electrons. The topological polar surface area (TPSA) is 46.5 Å². The van der Waals surface area contributed by atoms with Crippen molar-refractivity contribution in [1.82, 2.24) is 0 Å². The highest BCUT2D eigenvalue weighted by Gasteiger charge is 2.39. The van der Waals surface area contributed by atoms with E-state index in [4.69, 9.17) is 4.74 Å². The highest BCUT2D eigenvalue weighted by molar-refractivity contribution is 5.80. The Kier molecular flexibility index (Phi) is 4.52. The minimum absolute atomic E-state index is 0.272. The van der Waals surface area contributed by atoms with Crippen LogP contribution in [0.3, 0.4) is 0 Å². The number of benzene rings is 1. The van der Waals surface area contributed by atoms with Gasteiger partial charge in [0.15, 0.2) is 5.60 Å². The monoisotopic (exact) mass is 250 g/mol. The van der Waals surface area contributed by atoms with Crippen LogP contribution in [-0.2, 0) is 9.53 Å². The first kappa shape index (κ1) is 14.7. The molecule has 0 bridgehead atoms. The van der Waals surface area contributed by atoms with Crippen LogP contribution in [0, 0.1) is 13.8 Å². The molecule has 0 saturated heterocycles. The fraction of sp³-hybridized carbons (Fsp3) is 0.533. The number of hydrogen-bond acceptors (Lipinski definition) is 3. The van der Waals surface area contributed by atoms with E-state index in [1.807, 2.05) is 39.0 Å². The molecule has 100 valence electrons. The number of ether oxygens (including phenoxy) is 1. The average molecular weight is 250 g/mol. The third-order valence-electron chi connectivity index (χ3n) is 3.42. The van der Waals surface area contributed by atoms with E-state index in [0.29, 0.717) is 0 Å². The summed E-state index contributed by atoms with van der Waals surface area (Å²) in [5.74, 6) is -0.880. The van der Waals surface area contributed by atoms with Crippen molar-refractivity contribution in [3.05, 3.63) is 34.9 Å².